The van der Waals surface area contributed by atoms with E-state index in [9.17, 15) is 4.79 Å². The molecule has 0 radical (unpaired) electrons. The zero-order chi connectivity index (χ0) is 17.6. The molecule has 25 heavy (non-hydrogen) atoms. The van der Waals surface area contributed by atoms with Gasteiger partial charge in [-0.25, -0.2) is 0 Å². The third-order valence-corrected chi connectivity index (χ3v) is 4.58. The lowest BCUT2D eigenvalue weighted by atomic mass is 10.0. The van der Waals surface area contributed by atoms with E-state index in [0.717, 1.165) is 24.9 Å². The first-order valence-corrected chi connectivity index (χ1v) is 8.99. The summed E-state index contributed by atoms with van der Waals surface area (Å²) in [4.78, 5) is 12.5. The first-order chi connectivity index (χ1) is 12.1. The number of hydrogen-bond donors (Lipinski definition) is 2. The molecule has 0 bridgehead atoms. The maximum absolute atomic E-state index is 12.5. The normalized spacial score (nSPS) is 20.1. The van der Waals surface area contributed by atoms with Crippen molar-refractivity contribution in [1.82, 2.24) is 10.6 Å². The highest BCUT2D eigenvalue weighted by Crippen LogP contribution is 2.18. The fourth-order valence-electron chi connectivity index (χ4n) is 3.05. The van der Waals surface area contributed by atoms with Crippen molar-refractivity contribution in [2.24, 2.45) is 0 Å². The van der Waals surface area contributed by atoms with Crippen LogP contribution < -0.4 is 15.4 Å². The lowest BCUT2D eigenvalue weighted by Gasteiger charge is -2.28. The first-order valence-electron chi connectivity index (χ1n) is 8.62. The quantitative estimate of drug-likeness (QED) is 0.855. The van der Waals surface area contributed by atoms with Crippen LogP contribution in [0.4, 0.5) is 0 Å². The maximum atomic E-state index is 12.5. The van der Waals surface area contributed by atoms with Crippen LogP contribution in [0.1, 0.15) is 35.7 Å². The van der Waals surface area contributed by atoms with Crippen molar-refractivity contribution < 1.29 is 9.53 Å². The molecular weight excluding hydrogens is 336 g/mol. The summed E-state index contributed by atoms with van der Waals surface area (Å²) in [7, 11) is 0. The maximum Gasteiger partial charge on any atom is 0.251 e. The Morgan fingerprint density at radius 3 is 2.92 bits per heavy atom. The number of hydrogen-bond acceptors (Lipinski definition) is 3. The van der Waals surface area contributed by atoms with Crippen LogP contribution in [0, 0.1) is 0 Å². The van der Waals surface area contributed by atoms with Crippen molar-refractivity contribution in [3.63, 3.8) is 0 Å². The first kappa shape index (κ1) is 17.8. The number of rotatable bonds is 5. The highest BCUT2D eigenvalue weighted by molar-refractivity contribution is 6.30. The average molecular weight is 359 g/mol. The molecule has 1 heterocycles. The fourth-order valence-corrected chi connectivity index (χ4v) is 3.27. The van der Waals surface area contributed by atoms with Gasteiger partial charge in [-0.15, -0.1) is 0 Å². The molecule has 5 heteroatoms. The Hall–Kier alpha value is -2.04. The van der Waals surface area contributed by atoms with E-state index >= 15 is 0 Å². The van der Waals surface area contributed by atoms with Gasteiger partial charge in [-0.05, 0) is 62.2 Å². The van der Waals surface area contributed by atoms with Crippen LogP contribution in [0.2, 0.25) is 5.02 Å². The highest BCUT2D eigenvalue weighted by atomic mass is 35.5. The van der Waals surface area contributed by atoms with Crippen LogP contribution >= 0.6 is 11.6 Å². The Morgan fingerprint density at radius 2 is 2.12 bits per heavy atom. The van der Waals surface area contributed by atoms with Crippen molar-refractivity contribution in [2.45, 2.75) is 38.5 Å². The second-order valence-corrected chi connectivity index (χ2v) is 6.93. The lowest BCUT2D eigenvalue weighted by molar-refractivity contribution is 0.0925. The molecule has 1 aliphatic heterocycles. The lowest BCUT2D eigenvalue weighted by Crippen LogP contribution is -2.46. The summed E-state index contributed by atoms with van der Waals surface area (Å²) in [6, 6.07) is 15.5. The zero-order valence-electron chi connectivity index (χ0n) is 14.3. The second kappa shape index (κ2) is 8.37. The van der Waals surface area contributed by atoms with Gasteiger partial charge in [0.15, 0.2) is 0 Å². The van der Waals surface area contributed by atoms with E-state index in [1.165, 1.54) is 0 Å². The molecule has 3 rings (SSSR count). The van der Waals surface area contributed by atoms with Gasteiger partial charge in [-0.1, -0.05) is 29.8 Å². The number of benzene rings is 2. The predicted octanol–water partition coefficient (Wildman–Crippen LogP) is 3.79. The number of piperidine rings is 1. The van der Waals surface area contributed by atoms with Gasteiger partial charge >= 0.3 is 0 Å². The molecule has 2 N–H and O–H groups in total. The summed E-state index contributed by atoms with van der Waals surface area (Å²) >= 11 is 5.98. The van der Waals surface area contributed by atoms with Gasteiger partial charge in [-0.2, -0.15) is 0 Å². The molecule has 2 aromatic carbocycles. The van der Waals surface area contributed by atoms with Gasteiger partial charge in [0.1, 0.15) is 12.4 Å². The SMILES string of the molecule is CC1CC(NC(=O)c2cccc(OCc3cccc(Cl)c3)c2)CCN1. The molecule has 1 saturated heterocycles. The standard InChI is InChI=1S/C20H23ClN2O2/c1-14-10-18(8-9-22-14)23-20(24)16-5-3-7-19(12-16)25-13-15-4-2-6-17(21)11-15/h2-7,11-12,14,18,22H,8-10,13H2,1H3,(H,23,24). The molecule has 0 spiro atoms. The molecule has 0 saturated carbocycles. The van der Waals surface area contributed by atoms with Crippen molar-refractivity contribution >= 4 is 17.5 Å². The molecule has 4 nitrogen and oxygen atoms in total. The van der Waals surface area contributed by atoms with Crippen molar-refractivity contribution in [1.29, 1.82) is 0 Å². The second-order valence-electron chi connectivity index (χ2n) is 6.50. The van der Waals surface area contributed by atoms with Crippen LogP contribution in [0.5, 0.6) is 5.75 Å². The highest BCUT2D eigenvalue weighted by Gasteiger charge is 2.20. The van der Waals surface area contributed by atoms with Crippen LogP contribution in [-0.2, 0) is 6.61 Å². The van der Waals surface area contributed by atoms with Crippen molar-refractivity contribution in [3.05, 3.63) is 64.7 Å². The average Bonchev–Trinajstić information content (AvgIpc) is 2.60. The summed E-state index contributed by atoms with van der Waals surface area (Å²) in [5.41, 5.74) is 1.61. The number of amides is 1. The number of halogens is 1. The fraction of sp³-hybridized carbons (Fsp3) is 0.350. The minimum Gasteiger partial charge on any atom is -0.489 e. The molecule has 1 amide bonds. The molecule has 0 aromatic heterocycles. The Bertz CT molecular complexity index is 735. The van der Waals surface area contributed by atoms with Gasteiger partial charge in [-0.3, -0.25) is 4.79 Å². The van der Waals surface area contributed by atoms with Gasteiger partial charge in [0, 0.05) is 22.7 Å². The molecule has 132 valence electrons. The zero-order valence-corrected chi connectivity index (χ0v) is 15.1. The van der Waals surface area contributed by atoms with Crippen LogP contribution in [0.25, 0.3) is 0 Å². The van der Waals surface area contributed by atoms with E-state index in [4.69, 9.17) is 16.3 Å². The Morgan fingerprint density at radius 1 is 1.28 bits per heavy atom. The third-order valence-electron chi connectivity index (χ3n) is 4.35. The molecule has 2 aromatic rings. The Labute approximate surface area is 153 Å². The molecular formula is C20H23ClN2O2. The van der Waals surface area contributed by atoms with E-state index in [0.29, 0.717) is 29.0 Å². The number of nitrogens with one attached hydrogen (secondary N) is 2. The predicted molar refractivity (Wildman–Crippen MR) is 100 cm³/mol. The molecule has 0 aliphatic carbocycles. The smallest absolute Gasteiger partial charge is 0.251 e. The summed E-state index contributed by atoms with van der Waals surface area (Å²) in [6.07, 6.45) is 1.91. The van der Waals surface area contributed by atoms with E-state index in [2.05, 4.69) is 17.6 Å². The van der Waals surface area contributed by atoms with Crippen LogP contribution in [-0.4, -0.2) is 24.5 Å². The number of carbonyl (C=O) groups excluding carboxylic acids is 1. The summed E-state index contributed by atoms with van der Waals surface area (Å²) in [5, 5.41) is 7.20. The van der Waals surface area contributed by atoms with Crippen LogP contribution in [0.15, 0.2) is 48.5 Å². The summed E-state index contributed by atoms with van der Waals surface area (Å²) in [6.45, 7) is 3.49. The summed E-state index contributed by atoms with van der Waals surface area (Å²) < 4.78 is 5.80. The molecule has 1 aliphatic rings. The van der Waals surface area contributed by atoms with Crippen molar-refractivity contribution in [3.8, 4) is 5.75 Å². The van der Waals surface area contributed by atoms with E-state index in [1.807, 2.05) is 42.5 Å². The van der Waals surface area contributed by atoms with Gasteiger partial charge in [0.2, 0.25) is 0 Å². The monoisotopic (exact) mass is 358 g/mol. The van der Waals surface area contributed by atoms with E-state index in [1.54, 1.807) is 6.07 Å². The minimum absolute atomic E-state index is 0.0488. The van der Waals surface area contributed by atoms with Gasteiger partial charge < -0.3 is 15.4 Å². The Kier molecular flexibility index (Phi) is 5.95. The van der Waals surface area contributed by atoms with Gasteiger partial charge in [0.25, 0.3) is 5.91 Å². The number of carbonyl (C=O) groups is 1. The third kappa shape index (κ3) is 5.21. The topological polar surface area (TPSA) is 50.4 Å². The number of ether oxygens (including phenoxy) is 1. The molecule has 2 unspecified atom stereocenters. The van der Waals surface area contributed by atoms with E-state index < -0.39 is 0 Å². The minimum atomic E-state index is -0.0488. The molecule has 1 fully saturated rings. The molecule has 2 atom stereocenters. The van der Waals surface area contributed by atoms with E-state index in [-0.39, 0.29) is 11.9 Å². The summed E-state index contributed by atoms with van der Waals surface area (Å²) in [5.74, 6) is 0.624. The van der Waals surface area contributed by atoms with Crippen LogP contribution in [0.3, 0.4) is 0 Å². The van der Waals surface area contributed by atoms with Crippen molar-refractivity contribution in [2.75, 3.05) is 6.54 Å². The Balaban J connectivity index is 1.59. The van der Waals surface area contributed by atoms with Gasteiger partial charge in [0.05, 0.1) is 0 Å². The largest absolute Gasteiger partial charge is 0.489 e.